The molecular formula is C12H14F5NO. The molecule has 1 rings (SSSR count). The maximum Gasteiger partial charge on any atom is 0.390 e. The SMILES string of the molecule is CC(CC(F)(F)F)NCC(O)c1c(F)cccc1F. The highest BCUT2D eigenvalue weighted by molar-refractivity contribution is 5.22. The van der Waals surface area contributed by atoms with Crippen LogP contribution < -0.4 is 5.32 Å². The van der Waals surface area contributed by atoms with Crippen LogP contribution in [0.5, 0.6) is 0 Å². The van der Waals surface area contributed by atoms with Crippen LogP contribution in [-0.2, 0) is 0 Å². The van der Waals surface area contributed by atoms with Crippen molar-refractivity contribution in [1.82, 2.24) is 5.32 Å². The summed E-state index contributed by atoms with van der Waals surface area (Å²) in [6.07, 6.45) is -6.96. The minimum atomic E-state index is -4.33. The molecule has 1 aromatic carbocycles. The van der Waals surface area contributed by atoms with Gasteiger partial charge in [0.2, 0.25) is 0 Å². The Morgan fingerprint density at radius 1 is 1.21 bits per heavy atom. The van der Waals surface area contributed by atoms with E-state index in [4.69, 9.17) is 0 Å². The van der Waals surface area contributed by atoms with E-state index in [0.29, 0.717) is 0 Å². The summed E-state index contributed by atoms with van der Waals surface area (Å²) in [5.41, 5.74) is -0.547. The lowest BCUT2D eigenvalue weighted by Gasteiger charge is -2.19. The molecule has 2 atom stereocenters. The van der Waals surface area contributed by atoms with E-state index in [1.807, 2.05) is 0 Å². The van der Waals surface area contributed by atoms with Crippen molar-refractivity contribution in [3.63, 3.8) is 0 Å². The normalized spacial score (nSPS) is 15.3. The Labute approximate surface area is 107 Å². The summed E-state index contributed by atoms with van der Waals surface area (Å²) in [6, 6.07) is 2.13. The number of alkyl halides is 3. The lowest BCUT2D eigenvalue weighted by molar-refractivity contribution is -0.139. The van der Waals surface area contributed by atoms with Gasteiger partial charge < -0.3 is 10.4 Å². The number of hydrogen-bond acceptors (Lipinski definition) is 2. The molecule has 0 fully saturated rings. The lowest BCUT2D eigenvalue weighted by atomic mass is 10.1. The van der Waals surface area contributed by atoms with Crippen molar-refractivity contribution in [2.45, 2.75) is 31.7 Å². The van der Waals surface area contributed by atoms with Gasteiger partial charge in [-0.1, -0.05) is 6.07 Å². The van der Waals surface area contributed by atoms with Crippen LogP contribution in [0.25, 0.3) is 0 Å². The van der Waals surface area contributed by atoms with E-state index < -0.39 is 41.9 Å². The monoisotopic (exact) mass is 283 g/mol. The van der Waals surface area contributed by atoms with Gasteiger partial charge in [-0.25, -0.2) is 8.78 Å². The average molecular weight is 283 g/mol. The third-order valence-electron chi connectivity index (χ3n) is 2.53. The number of nitrogens with one attached hydrogen (secondary N) is 1. The van der Waals surface area contributed by atoms with Crippen molar-refractivity contribution in [1.29, 1.82) is 0 Å². The van der Waals surface area contributed by atoms with Crippen LogP contribution in [0, 0.1) is 11.6 Å². The molecule has 108 valence electrons. The predicted molar refractivity (Wildman–Crippen MR) is 59.5 cm³/mol. The molecular weight excluding hydrogens is 269 g/mol. The van der Waals surface area contributed by atoms with Crippen molar-refractivity contribution in [3.8, 4) is 0 Å². The van der Waals surface area contributed by atoms with Crippen LogP contribution in [0.15, 0.2) is 18.2 Å². The van der Waals surface area contributed by atoms with Crippen LogP contribution in [-0.4, -0.2) is 23.9 Å². The second-order valence-electron chi connectivity index (χ2n) is 4.28. The van der Waals surface area contributed by atoms with Gasteiger partial charge in [0.05, 0.1) is 18.1 Å². The highest BCUT2D eigenvalue weighted by atomic mass is 19.4. The zero-order chi connectivity index (χ0) is 14.6. The highest BCUT2D eigenvalue weighted by Crippen LogP contribution is 2.23. The summed E-state index contributed by atoms with van der Waals surface area (Å²) in [5, 5.41) is 12.0. The van der Waals surface area contributed by atoms with Gasteiger partial charge >= 0.3 is 6.18 Å². The van der Waals surface area contributed by atoms with Gasteiger partial charge in [-0.15, -0.1) is 0 Å². The van der Waals surface area contributed by atoms with Crippen molar-refractivity contribution < 1.29 is 27.1 Å². The minimum absolute atomic E-state index is 0.366. The van der Waals surface area contributed by atoms with Gasteiger partial charge in [-0.3, -0.25) is 0 Å². The Morgan fingerprint density at radius 3 is 2.21 bits per heavy atom. The number of hydrogen-bond donors (Lipinski definition) is 2. The molecule has 2 unspecified atom stereocenters. The fraction of sp³-hybridized carbons (Fsp3) is 0.500. The second-order valence-corrected chi connectivity index (χ2v) is 4.28. The van der Waals surface area contributed by atoms with E-state index in [2.05, 4.69) is 5.32 Å². The van der Waals surface area contributed by atoms with Gasteiger partial charge in [0.25, 0.3) is 0 Å². The van der Waals surface area contributed by atoms with Crippen LogP contribution in [0.4, 0.5) is 22.0 Å². The van der Waals surface area contributed by atoms with Crippen LogP contribution in [0.2, 0.25) is 0 Å². The first kappa shape index (κ1) is 15.8. The molecule has 2 nitrogen and oxygen atoms in total. The molecule has 0 saturated carbocycles. The molecule has 19 heavy (non-hydrogen) atoms. The minimum Gasteiger partial charge on any atom is -0.387 e. The molecule has 0 amide bonds. The second kappa shape index (κ2) is 6.29. The summed E-state index contributed by atoms with van der Waals surface area (Å²) < 4.78 is 62.8. The smallest absolute Gasteiger partial charge is 0.387 e. The molecule has 0 bridgehead atoms. The largest absolute Gasteiger partial charge is 0.390 e. The maximum absolute atomic E-state index is 13.3. The van der Waals surface area contributed by atoms with E-state index in [1.54, 1.807) is 0 Å². The van der Waals surface area contributed by atoms with Gasteiger partial charge in [-0.05, 0) is 19.1 Å². The Balaban J connectivity index is 2.59. The third kappa shape index (κ3) is 5.12. The van der Waals surface area contributed by atoms with E-state index in [-0.39, 0.29) is 6.54 Å². The Bertz CT molecular complexity index is 401. The number of aliphatic hydroxyl groups is 1. The molecule has 0 radical (unpaired) electrons. The van der Waals surface area contributed by atoms with Crippen molar-refractivity contribution in [2.75, 3.05) is 6.54 Å². The first-order valence-electron chi connectivity index (χ1n) is 5.63. The lowest BCUT2D eigenvalue weighted by Crippen LogP contribution is -2.34. The molecule has 0 saturated heterocycles. The number of aliphatic hydroxyl groups excluding tert-OH is 1. The Kier molecular flexibility index (Phi) is 5.25. The zero-order valence-corrected chi connectivity index (χ0v) is 10.1. The fourth-order valence-corrected chi connectivity index (χ4v) is 1.66. The molecule has 7 heteroatoms. The molecule has 0 aliphatic carbocycles. The predicted octanol–water partition coefficient (Wildman–Crippen LogP) is 2.93. The summed E-state index contributed by atoms with van der Waals surface area (Å²) >= 11 is 0. The fourth-order valence-electron chi connectivity index (χ4n) is 1.66. The van der Waals surface area contributed by atoms with Crippen molar-refractivity contribution >= 4 is 0 Å². The quantitative estimate of drug-likeness (QED) is 0.814. The summed E-state index contributed by atoms with van der Waals surface area (Å²) in [5.74, 6) is -1.87. The molecule has 0 spiro atoms. The zero-order valence-electron chi connectivity index (χ0n) is 10.1. The first-order chi connectivity index (χ1) is 8.70. The maximum atomic E-state index is 13.3. The van der Waals surface area contributed by atoms with Gasteiger partial charge in [0.1, 0.15) is 11.6 Å². The number of rotatable bonds is 5. The standard InChI is InChI=1S/C12H14F5NO/c1-7(5-12(15,16)17)18-6-10(19)11-8(13)3-2-4-9(11)14/h2-4,7,10,18-19H,5-6H2,1H3. The van der Waals surface area contributed by atoms with E-state index in [0.717, 1.165) is 18.2 Å². The number of halogens is 5. The van der Waals surface area contributed by atoms with Crippen LogP contribution in [0.1, 0.15) is 25.0 Å². The summed E-state index contributed by atoms with van der Waals surface area (Å²) in [4.78, 5) is 0. The molecule has 0 aliphatic rings. The van der Waals surface area contributed by atoms with Gasteiger partial charge in [0, 0.05) is 12.6 Å². The first-order valence-corrected chi connectivity index (χ1v) is 5.63. The topological polar surface area (TPSA) is 32.3 Å². The molecule has 1 aromatic rings. The Morgan fingerprint density at radius 2 is 1.74 bits per heavy atom. The van der Waals surface area contributed by atoms with Crippen molar-refractivity contribution in [3.05, 3.63) is 35.4 Å². The Hall–Kier alpha value is -1.21. The third-order valence-corrected chi connectivity index (χ3v) is 2.53. The van der Waals surface area contributed by atoms with Gasteiger partial charge in [0.15, 0.2) is 0 Å². The average Bonchev–Trinajstić information content (AvgIpc) is 2.23. The van der Waals surface area contributed by atoms with Crippen LogP contribution in [0.3, 0.4) is 0 Å². The van der Waals surface area contributed by atoms with E-state index in [9.17, 15) is 27.1 Å². The number of benzene rings is 1. The van der Waals surface area contributed by atoms with Crippen LogP contribution >= 0.6 is 0 Å². The van der Waals surface area contributed by atoms with E-state index >= 15 is 0 Å². The van der Waals surface area contributed by atoms with Gasteiger partial charge in [-0.2, -0.15) is 13.2 Å². The molecule has 2 N–H and O–H groups in total. The highest BCUT2D eigenvalue weighted by Gasteiger charge is 2.30. The van der Waals surface area contributed by atoms with E-state index in [1.165, 1.54) is 6.92 Å². The summed E-state index contributed by atoms with van der Waals surface area (Å²) in [7, 11) is 0. The molecule has 0 aliphatic heterocycles. The molecule has 0 heterocycles. The van der Waals surface area contributed by atoms with Crippen molar-refractivity contribution in [2.24, 2.45) is 0 Å². The summed E-state index contributed by atoms with van der Waals surface area (Å²) in [6.45, 7) is 0.910. The molecule has 0 aromatic heterocycles.